The van der Waals surface area contributed by atoms with Crippen LogP contribution in [0.4, 0.5) is 11.6 Å². The molecule has 0 unspecified atom stereocenters. The van der Waals surface area contributed by atoms with Crippen LogP contribution >= 0.6 is 0 Å². The highest BCUT2D eigenvalue weighted by Crippen LogP contribution is 2.17. The summed E-state index contributed by atoms with van der Waals surface area (Å²) in [4.78, 5) is 13.0. The normalized spacial score (nSPS) is 10.7. The maximum atomic E-state index is 4.60. The highest BCUT2D eigenvalue weighted by molar-refractivity contribution is 5.65. The van der Waals surface area contributed by atoms with Crippen LogP contribution in [0.1, 0.15) is 18.9 Å². The fourth-order valence-corrected chi connectivity index (χ4v) is 2.07. The molecule has 0 amide bonds. The van der Waals surface area contributed by atoms with Gasteiger partial charge in [0.1, 0.15) is 5.82 Å². The molecule has 0 fully saturated rings. The van der Waals surface area contributed by atoms with Gasteiger partial charge in [-0.1, -0.05) is 6.92 Å². The lowest BCUT2D eigenvalue weighted by molar-refractivity contribution is 0.959. The first-order valence-corrected chi connectivity index (χ1v) is 7.07. The van der Waals surface area contributed by atoms with E-state index in [4.69, 9.17) is 0 Å². The van der Waals surface area contributed by atoms with Gasteiger partial charge < -0.3 is 15.0 Å². The molecular formula is C15H18N6. The maximum absolute atomic E-state index is 4.60. The van der Waals surface area contributed by atoms with Crippen molar-refractivity contribution in [3.05, 3.63) is 48.7 Å². The first-order chi connectivity index (χ1) is 10.4. The summed E-state index contributed by atoms with van der Waals surface area (Å²) in [5.41, 5.74) is 1.98. The zero-order valence-corrected chi connectivity index (χ0v) is 12.0. The third kappa shape index (κ3) is 3.10. The minimum atomic E-state index is 0.690. The van der Waals surface area contributed by atoms with Crippen molar-refractivity contribution >= 4 is 17.3 Å². The molecule has 0 aliphatic heterocycles. The smallest absolute Gasteiger partial charge is 0.180 e. The quantitative estimate of drug-likeness (QED) is 0.727. The third-order valence-electron chi connectivity index (χ3n) is 3.14. The van der Waals surface area contributed by atoms with Crippen LogP contribution in [-0.4, -0.2) is 25.9 Å². The first-order valence-electron chi connectivity index (χ1n) is 7.07. The van der Waals surface area contributed by atoms with Crippen LogP contribution in [0.25, 0.3) is 5.65 Å². The van der Waals surface area contributed by atoms with E-state index in [1.165, 1.54) is 0 Å². The predicted octanol–water partition coefficient (Wildman–Crippen LogP) is 2.56. The molecule has 2 N–H and O–H groups in total. The highest BCUT2D eigenvalue weighted by atomic mass is 15.1. The zero-order valence-electron chi connectivity index (χ0n) is 12.0. The van der Waals surface area contributed by atoms with Gasteiger partial charge in [0.05, 0.1) is 6.20 Å². The summed E-state index contributed by atoms with van der Waals surface area (Å²) in [5, 5.41) is 6.65. The van der Waals surface area contributed by atoms with E-state index < -0.39 is 0 Å². The summed E-state index contributed by atoms with van der Waals surface area (Å²) in [6.07, 6.45) is 10.3. The van der Waals surface area contributed by atoms with Crippen molar-refractivity contribution in [1.29, 1.82) is 0 Å². The Labute approximate surface area is 123 Å². The van der Waals surface area contributed by atoms with E-state index >= 15 is 0 Å². The van der Waals surface area contributed by atoms with Gasteiger partial charge in [-0.25, -0.2) is 9.97 Å². The van der Waals surface area contributed by atoms with Crippen LogP contribution < -0.4 is 10.6 Å². The molecule has 21 heavy (non-hydrogen) atoms. The molecule has 0 atom stereocenters. The zero-order chi connectivity index (χ0) is 14.5. The van der Waals surface area contributed by atoms with Crippen LogP contribution in [0, 0.1) is 0 Å². The second-order valence-electron chi connectivity index (χ2n) is 4.77. The Morgan fingerprint density at radius 2 is 2.00 bits per heavy atom. The second-order valence-corrected chi connectivity index (χ2v) is 4.77. The molecule has 0 aliphatic carbocycles. The lowest BCUT2D eigenvalue weighted by Gasteiger charge is -2.10. The molecule has 0 aromatic carbocycles. The molecule has 3 aromatic heterocycles. The molecule has 3 rings (SSSR count). The summed E-state index contributed by atoms with van der Waals surface area (Å²) < 4.78 is 1.97. The number of imidazole rings is 1. The average Bonchev–Trinajstić information content (AvgIpc) is 3.00. The number of hydrogen-bond donors (Lipinski definition) is 2. The first kappa shape index (κ1) is 13.4. The topological polar surface area (TPSA) is 67.1 Å². The summed E-state index contributed by atoms with van der Waals surface area (Å²) >= 11 is 0. The number of aromatic nitrogens is 4. The summed E-state index contributed by atoms with van der Waals surface area (Å²) in [7, 11) is 0. The lowest BCUT2D eigenvalue weighted by Crippen LogP contribution is -2.08. The lowest BCUT2D eigenvalue weighted by atomic mass is 10.3. The second kappa shape index (κ2) is 6.21. The number of anilines is 2. The number of nitrogens with zero attached hydrogens (tertiary/aromatic N) is 4. The predicted molar refractivity (Wildman–Crippen MR) is 83.3 cm³/mol. The Bertz CT molecular complexity index is 707. The van der Waals surface area contributed by atoms with E-state index in [1.807, 2.05) is 28.9 Å². The van der Waals surface area contributed by atoms with Gasteiger partial charge in [-0.2, -0.15) is 0 Å². The molecule has 6 nitrogen and oxygen atoms in total. The van der Waals surface area contributed by atoms with Crippen LogP contribution in [0.3, 0.4) is 0 Å². The van der Waals surface area contributed by atoms with Gasteiger partial charge in [0.15, 0.2) is 11.5 Å². The monoisotopic (exact) mass is 282 g/mol. The van der Waals surface area contributed by atoms with Crippen molar-refractivity contribution in [3.63, 3.8) is 0 Å². The Hall–Kier alpha value is -2.63. The van der Waals surface area contributed by atoms with Gasteiger partial charge in [-0.3, -0.25) is 4.98 Å². The van der Waals surface area contributed by atoms with Gasteiger partial charge in [0.25, 0.3) is 0 Å². The largest absolute Gasteiger partial charge is 0.369 e. The Balaban J connectivity index is 1.83. The number of rotatable bonds is 6. The molecule has 6 heteroatoms. The average molecular weight is 282 g/mol. The Kier molecular flexibility index (Phi) is 3.95. The fraction of sp³-hybridized carbons (Fsp3) is 0.267. The van der Waals surface area contributed by atoms with Crippen molar-refractivity contribution in [1.82, 2.24) is 19.4 Å². The van der Waals surface area contributed by atoms with Crippen molar-refractivity contribution in [2.45, 2.75) is 19.9 Å². The van der Waals surface area contributed by atoms with Gasteiger partial charge in [0, 0.05) is 37.9 Å². The number of fused-ring (bicyclic) bond motifs is 1. The van der Waals surface area contributed by atoms with Gasteiger partial charge in [0.2, 0.25) is 0 Å². The Morgan fingerprint density at radius 1 is 1.14 bits per heavy atom. The standard InChI is InChI=1S/C15H18N6/c1-2-5-17-13-11-21-9-8-18-15(21)14(20-13)19-10-12-3-6-16-7-4-12/h3-4,6-9,11,17H,2,5,10H2,1H3,(H,19,20). The van der Waals surface area contributed by atoms with Crippen LogP contribution in [0.15, 0.2) is 43.1 Å². The molecule has 0 aliphatic rings. The molecular weight excluding hydrogens is 264 g/mol. The molecule has 108 valence electrons. The molecule has 0 bridgehead atoms. The van der Waals surface area contributed by atoms with E-state index in [2.05, 4.69) is 32.5 Å². The fourth-order valence-electron chi connectivity index (χ4n) is 2.07. The number of nitrogens with one attached hydrogen (secondary N) is 2. The molecule has 3 aromatic rings. The summed E-state index contributed by atoms with van der Waals surface area (Å²) in [6.45, 7) is 3.72. The SMILES string of the molecule is CCCNc1cn2ccnc2c(NCc2ccncc2)n1. The molecule has 0 saturated heterocycles. The van der Waals surface area contributed by atoms with E-state index in [0.29, 0.717) is 6.54 Å². The summed E-state index contributed by atoms with van der Waals surface area (Å²) in [5.74, 6) is 1.62. The highest BCUT2D eigenvalue weighted by Gasteiger charge is 2.07. The van der Waals surface area contributed by atoms with Gasteiger partial charge >= 0.3 is 0 Å². The maximum Gasteiger partial charge on any atom is 0.180 e. The van der Waals surface area contributed by atoms with E-state index in [1.54, 1.807) is 18.6 Å². The van der Waals surface area contributed by atoms with Crippen LogP contribution in [0.5, 0.6) is 0 Å². The van der Waals surface area contributed by atoms with Crippen molar-refractivity contribution in [2.75, 3.05) is 17.2 Å². The molecule has 3 heterocycles. The molecule has 0 radical (unpaired) electrons. The van der Waals surface area contributed by atoms with Crippen molar-refractivity contribution in [3.8, 4) is 0 Å². The minimum absolute atomic E-state index is 0.690. The van der Waals surface area contributed by atoms with Crippen LogP contribution in [0.2, 0.25) is 0 Å². The van der Waals surface area contributed by atoms with Crippen molar-refractivity contribution in [2.24, 2.45) is 0 Å². The van der Waals surface area contributed by atoms with Crippen LogP contribution in [-0.2, 0) is 6.54 Å². The van der Waals surface area contributed by atoms with Gasteiger partial charge in [-0.05, 0) is 24.1 Å². The third-order valence-corrected chi connectivity index (χ3v) is 3.14. The van der Waals surface area contributed by atoms with Crippen molar-refractivity contribution < 1.29 is 0 Å². The number of hydrogen-bond acceptors (Lipinski definition) is 5. The molecule has 0 spiro atoms. The van der Waals surface area contributed by atoms with E-state index in [0.717, 1.165) is 35.8 Å². The molecule has 0 saturated carbocycles. The van der Waals surface area contributed by atoms with E-state index in [-0.39, 0.29) is 0 Å². The van der Waals surface area contributed by atoms with Gasteiger partial charge in [-0.15, -0.1) is 0 Å². The summed E-state index contributed by atoms with van der Waals surface area (Å²) in [6, 6.07) is 3.96. The minimum Gasteiger partial charge on any atom is -0.369 e. The number of pyridine rings is 1. The Morgan fingerprint density at radius 3 is 2.81 bits per heavy atom. The van der Waals surface area contributed by atoms with E-state index in [9.17, 15) is 0 Å².